The molecule has 0 aliphatic carbocycles. The minimum Gasteiger partial charge on any atom is -0.384 e. The largest absolute Gasteiger partial charge is 0.416 e. The molecule has 3 amide bonds. The van der Waals surface area contributed by atoms with E-state index in [9.17, 15) is 32.7 Å². The van der Waals surface area contributed by atoms with Gasteiger partial charge in [-0.2, -0.15) is 13.2 Å². The van der Waals surface area contributed by atoms with E-state index in [1.807, 2.05) is 30.3 Å². The van der Waals surface area contributed by atoms with Gasteiger partial charge in [0.2, 0.25) is 11.8 Å². The van der Waals surface area contributed by atoms with Crippen molar-refractivity contribution in [1.29, 1.82) is 0 Å². The molecule has 3 saturated heterocycles. The summed E-state index contributed by atoms with van der Waals surface area (Å²) in [6, 6.07) is 20.2. The molecule has 3 atom stereocenters. The Hall–Kier alpha value is -4.06. The summed E-state index contributed by atoms with van der Waals surface area (Å²) in [6.45, 7) is 3.91. The monoisotopic (exact) mass is 646 g/mol. The Morgan fingerprint density at radius 3 is 2.17 bits per heavy atom. The Morgan fingerprint density at radius 2 is 1.51 bits per heavy atom. The van der Waals surface area contributed by atoms with Gasteiger partial charge in [0.05, 0.1) is 11.2 Å². The fourth-order valence-corrected chi connectivity index (χ4v) is 8.10. The molecule has 4 heterocycles. The van der Waals surface area contributed by atoms with Gasteiger partial charge >= 0.3 is 6.18 Å². The maximum Gasteiger partial charge on any atom is 0.416 e. The summed E-state index contributed by atoms with van der Waals surface area (Å²) in [6.07, 6.45) is -2.81. The average molecular weight is 647 g/mol. The quantitative estimate of drug-likeness (QED) is 0.385. The van der Waals surface area contributed by atoms with Crippen LogP contribution in [0.15, 0.2) is 72.8 Å². The van der Waals surface area contributed by atoms with E-state index in [1.165, 1.54) is 22.6 Å². The molecule has 0 saturated carbocycles. The normalized spacial score (nSPS) is 27.0. The molecule has 3 aromatic rings. The summed E-state index contributed by atoms with van der Waals surface area (Å²) < 4.78 is 39.5. The number of alkyl halides is 3. The summed E-state index contributed by atoms with van der Waals surface area (Å²) in [7, 11) is 0. The fraction of sp³-hybridized carbons (Fsp3) is 0.417. The van der Waals surface area contributed by atoms with Crippen molar-refractivity contribution in [2.24, 2.45) is 5.41 Å². The van der Waals surface area contributed by atoms with E-state index < -0.39 is 34.7 Å². The first-order valence-corrected chi connectivity index (χ1v) is 16.1. The highest BCUT2D eigenvalue weighted by molar-refractivity contribution is 6.05. The number of rotatable bonds is 6. The summed E-state index contributed by atoms with van der Waals surface area (Å²) >= 11 is 0. The zero-order valence-corrected chi connectivity index (χ0v) is 25.9. The minimum absolute atomic E-state index is 0.173. The molecule has 11 heteroatoms. The molecule has 7 rings (SSSR count). The SMILES string of the molecule is O=C1CCC(N2Cc3cc([C@@]4(O)CCN(Cc5ccc(C(F)(F)F)cc5)CC45CCN(Cc4ccccc4)C5)ccc3C2=O)C(=O)N1. The van der Waals surface area contributed by atoms with Gasteiger partial charge in [0.15, 0.2) is 0 Å². The van der Waals surface area contributed by atoms with Gasteiger partial charge in [-0.05, 0) is 66.3 Å². The lowest BCUT2D eigenvalue weighted by Crippen LogP contribution is -2.59. The summed E-state index contributed by atoms with van der Waals surface area (Å²) in [5, 5.41) is 15.1. The van der Waals surface area contributed by atoms with Crippen molar-refractivity contribution in [1.82, 2.24) is 20.0 Å². The number of fused-ring (bicyclic) bond motifs is 1. The van der Waals surface area contributed by atoms with Gasteiger partial charge < -0.3 is 10.0 Å². The number of hydrogen-bond donors (Lipinski definition) is 2. The van der Waals surface area contributed by atoms with Crippen LogP contribution in [0.5, 0.6) is 0 Å². The highest BCUT2D eigenvalue weighted by atomic mass is 19.4. The van der Waals surface area contributed by atoms with Crippen molar-refractivity contribution in [2.75, 3.05) is 26.2 Å². The van der Waals surface area contributed by atoms with Crippen LogP contribution in [-0.2, 0) is 41.0 Å². The van der Waals surface area contributed by atoms with Crippen LogP contribution in [0.25, 0.3) is 0 Å². The predicted octanol–water partition coefficient (Wildman–Crippen LogP) is 4.45. The van der Waals surface area contributed by atoms with E-state index in [2.05, 4.69) is 27.2 Å². The van der Waals surface area contributed by atoms with E-state index in [4.69, 9.17) is 0 Å². The first-order valence-electron chi connectivity index (χ1n) is 16.1. The predicted molar refractivity (Wildman–Crippen MR) is 166 cm³/mol. The van der Waals surface area contributed by atoms with Crippen LogP contribution in [0.1, 0.15) is 63.9 Å². The number of piperidine rings is 2. The van der Waals surface area contributed by atoms with Crippen LogP contribution in [0.3, 0.4) is 0 Å². The zero-order valence-electron chi connectivity index (χ0n) is 25.9. The van der Waals surface area contributed by atoms with Gasteiger partial charge in [0, 0.05) is 56.7 Å². The van der Waals surface area contributed by atoms with E-state index in [0.717, 1.165) is 48.3 Å². The average Bonchev–Trinajstić information content (AvgIpc) is 3.60. The molecule has 2 unspecified atom stereocenters. The molecule has 1 spiro atoms. The number of hydrogen-bond acceptors (Lipinski definition) is 6. The second-order valence-corrected chi connectivity index (χ2v) is 13.5. The molecule has 2 N–H and O–H groups in total. The van der Waals surface area contributed by atoms with Crippen molar-refractivity contribution in [3.05, 3.63) is 106 Å². The number of halogens is 3. The molecule has 47 heavy (non-hydrogen) atoms. The van der Waals surface area contributed by atoms with Crippen molar-refractivity contribution in [3.63, 3.8) is 0 Å². The molecular weight excluding hydrogens is 609 g/mol. The van der Waals surface area contributed by atoms with Gasteiger partial charge in [-0.1, -0.05) is 54.6 Å². The Balaban J connectivity index is 1.16. The topological polar surface area (TPSA) is 93.2 Å². The zero-order chi connectivity index (χ0) is 33.0. The second-order valence-electron chi connectivity index (χ2n) is 13.5. The summed E-state index contributed by atoms with van der Waals surface area (Å²) in [5.41, 5.74) is 1.44. The van der Waals surface area contributed by atoms with Gasteiger partial charge in [0.1, 0.15) is 6.04 Å². The fourth-order valence-electron chi connectivity index (χ4n) is 8.10. The second kappa shape index (κ2) is 11.9. The molecular formula is C36H37F3N4O4. The van der Waals surface area contributed by atoms with Crippen LogP contribution >= 0.6 is 0 Å². The Kier molecular flexibility index (Phi) is 7.97. The molecule has 4 aliphatic rings. The van der Waals surface area contributed by atoms with Crippen molar-refractivity contribution >= 4 is 17.7 Å². The molecule has 4 aliphatic heterocycles. The van der Waals surface area contributed by atoms with Crippen molar-refractivity contribution in [2.45, 2.75) is 63.1 Å². The Labute approximate surface area is 271 Å². The molecule has 0 aromatic heterocycles. The lowest BCUT2D eigenvalue weighted by molar-refractivity contribution is -0.139. The first kappa shape index (κ1) is 31.5. The van der Waals surface area contributed by atoms with Gasteiger partial charge in [0.25, 0.3) is 5.91 Å². The molecule has 8 nitrogen and oxygen atoms in total. The first-order chi connectivity index (χ1) is 22.4. The third-order valence-corrected chi connectivity index (χ3v) is 10.6. The maximum atomic E-state index is 13.4. The minimum atomic E-state index is -4.39. The Morgan fingerprint density at radius 1 is 0.851 bits per heavy atom. The van der Waals surface area contributed by atoms with E-state index >= 15 is 0 Å². The molecule has 3 aromatic carbocycles. The maximum absolute atomic E-state index is 13.4. The number of amides is 3. The van der Waals surface area contributed by atoms with E-state index in [-0.39, 0.29) is 31.2 Å². The Bertz CT molecular complexity index is 1700. The number of benzene rings is 3. The van der Waals surface area contributed by atoms with Gasteiger partial charge in [-0.25, -0.2) is 0 Å². The van der Waals surface area contributed by atoms with Gasteiger partial charge in [-0.15, -0.1) is 0 Å². The van der Waals surface area contributed by atoms with Crippen molar-refractivity contribution < 1.29 is 32.7 Å². The van der Waals surface area contributed by atoms with Crippen LogP contribution in [-0.4, -0.2) is 69.7 Å². The summed E-state index contributed by atoms with van der Waals surface area (Å²) in [5.74, 6) is -1.07. The molecule has 0 radical (unpaired) electrons. The number of nitrogens with zero attached hydrogens (tertiary/aromatic N) is 3. The van der Waals surface area contributed by atoms with E-state index in [1.54, 1.807) is 6.07 Å². The van der Waals surface area contributed by atoms with E-state index in [0.29, 0.717) is 38.2 Å². The van der Waals surface area contributed by atoms with Crippen LogP contribution < -0.4 is 5.32 Å². The number of carbonyl (C=O) groups is 3. The lowest BCUT2D eigenvalue weighted by atomic mass is 9.63. The van der Waals surface area contributed by atoms with Crippen LogP contribution in [0, 0.1) is 5.41 Å². The lowest BCUT2D eigenvalue weighted by Gasteiger charge is -2.52. The van der Waals surface area contributed by atoms with Crippen LogP contribution in [0.2, 0.25) is 0 Å². The van der Waals surface area contributed by atoms with Crippen molar-refractivity contribution in [3.8, 4) is 0 Å². The van der Waals surface area contributed by atoms with Crippen LogP contribution in [0.4, 0.5) is 13.2 Å². The highest BCUT2D eigenvalue weighted by Gasteiger charge is 2.57. The number of aliphatic hydroxyl groups is 1. The standard InChI is InChI=1S/C36H37F3N4O4/c37-36(38,39)27-8-6-25(7-9-27)20-42-17-15-35(47,34(23-42)14-16-41(22-34)19-24-4-2-1-3-5-24)28-10-11-29-26(18-28)21-43(33(29)46)30-12-13-31(44)40-32(30)45/h1-11,18,30,47H,12-17,19-23H2,(H,40,44,45)/t30?,34?,35-/m0/s1. The molecule has 0 bridgehead atoms. The number of nitrogens with one attached hydrogen (secondary N) is 1. The third kappa shape index (κ3) is 5.85. The third-order valence-electron chi connectivity index (χ3n) is 10.6. The highest BCUT2D eigenvalue weighted by Crippen LogP contribution is 2.52. The number of carbonyl (C=O) groups excluding carboxylic acids is 3. The number of likely N-dealkylation sites (tertiary alicyclic amines) is 2. The smallest absolute Gasteiger partial charge is 0.384 e. The number of imide groups is 1. The summed E-state index contributed by atoms with van der Waals surface area (Å²) in [4.78, 5) is 43.7. The molecule has 3 fully saturated rings. The molecule has 246 valence electrons. The van der Waals surface area contributed by atoms with Gasteiger partial charge in [-0.3, -0.25) is 29.5 Å².